The molecule has 0 saturated carbocycles. The molecule has 0 radical (unpaired) electrons. The molecular weight excluding hydrogens is 629 g/mol. The van der Waals surface area contributed by atoms with Gasteiger partial charge in [-0.2, -0.15) is 4.31 Å². The molecule has 4 aromatic rings. The van der Waals surface area contributed by atoms with E-state index in [1.54, 1.807) is 31.5 Å². The van der Waals surface area contributed by atoms with E-state index in [1.165, 1.54) is 28.1 Å². The van der Waals surface area contributed by atoms with Crippen LogP contribution in [0.25, 0.3) is 11.1 Å². The molecule has 4 heterocycles. The number of imidazole rings is 1. The first-order chi connectivity index (χ1) is 21.0. The maximum absolute atomic E-state index is 14.4. The molecule has 15 heteroatoms. The van der Waals surface area contributed by atoms with Gasteiger partial charge in [-0.05, 0) is 42.7 Å². The predicted octanol–water partition coefficient (Wildman–Crippen LogP) is 3.15. The summed E-state index contributed by atoms with van der Waals surface area (Å²) < 4.78 is 30.7. The monoisotopic (exact) mass is 655 g/mol. The summed E-state index contributed by atoms with van der Waals surface area (Å²) in [6.45, 7) is 1.51. The van der Waals surface area contributed by atoms with Gasteiger partial charge in [0.15, 0.2) is 5.03 Å². The van der Waals surface area contributed by atoms with Crippen LogP contribution in [0.5, 0.6) is 0 Å². The lowest BCUT2D eigenvalue weighted by Crippen LogP contribution is -2.58. The Balaban J connectivity index is 1.42. The largest absolute Gasteiger partial charge is 0.395 e. The minimum absolute atomic E-state index is 0.00508. The van der Waals surface area contributed by atoms with Crippen LogP contribution in [0, 0.1) is 0 Å². The summed E-state index contributed by atoms with van der Waals surface area (Å²) in [6.07, 6.45) is 6.48. The fraction of sp³-hybridized carbons (Fsp3) is 0.276. The molecule has 0 spiro atoms. The van der Waals surface area contributed by atoms with Gasteiger partial charge in [-0.25, -0.2) is 28.3 Å². The fourth-order valence-corrected chi connectivity index (χ4v) is 7.94. The first-order valence-electron chi connectivity index (χ1n) is 13.7. The normalized spacial score (nSPS) is 20.0. The number of aliphatic hydroxyl groups is 1. The van der Waals surface area contributed by atoms with Crippen LogP contribution in [0.15, 0.2) is 72.4 Å². The van der Waals surface area contributed by atoms with E-state index in [0.717, 1.165) is 21.0 Å². The van der Waals surface area contributed by atoms with Gasteiger partial charge in [0.05, 0.1) is 18.5 Å². The molecule has 2 N–H and O–H groups in total. The second-order valence-electron chi connectivity index (χ2n) is 10.7. The van der Waals surface area contributed by atoms with E-state index in [2.05, 4.69) is 20.3 Å². The maximum atomic E-state index is 14.4. The summed E-state index contributed by atoms with van der Waals surface area (Å²) in [4.78, 5) is 40.8. The lowest BCUT2D eigenvalue weighted by atomic mass is 9.91. The molecule has 2 aliphatic rings. The number of rotatable bonds is 9. The summed E-state index contributed by atoms with van der Waals surface area (Å²) >= 11 is 12.6. The number of hydrogen-bond acceptors (Lipinski definition) is 8. The number of amides is 2. The number of halogens is 2. The molecule has 1 fully saturated rings. The number of sulfonamides is 1. The second kappa shape index (κ2) is 11.6. The molecule has 6 rings (SSSR count). The third-order valence-corrected chi connectivity index (χ3v) is 10.1. The minimum Gasteiger partial charge on any atom is -0.395 e. The number of aromatic nitrogens is 4. The molecule has 2 amide bonds. The molecule has 1 saturated heterocycles. The van der Waals surface area contributed by atoms with Crippen molar-refractivity contribution in [1.29, 1.82) is 0 Å². The van der Waals surface area contributed by atoms with Gasteiger partial charge in [0.25, 0.3) is 15.9 Å². The van der Waals surface area contributed by atoms with Crippen LogP contribution >= 0.6 is 23.2 Å². The molecule has 2 aromatic carbocycles. The molecule has 2 atom stereocenters. The zero-order valence-corrected chi connectivity index (χ0v) is 25.7. The van der Waals surface area contributed by atoms with E-state index >= 15 is 0 Å². The van der Waals surface area contributed by atoms with Crippen molar-refractivity contribution >= 4 is 56.7 Å². The van der Waals surface area contributed by atoms with Gasteiger partial charge in [0.2, 0.25) is 11.9 Å². The minimum atomic E-state index is -4.29. The molecule has 12 nitrogen and oxygen atoms in total. The van der Waals surface area contributed by atoms with Crippen molar-refractivity contribution in [2.75, 3.05) is 24.6 Å². The number of hydrogen-bond donors (Lipinski definition) is 2. The number of fused-ring (bicyclic) bond motifs is 1. The summed E-state index contributed by atoms with van der Waals surface area (Å²) in [7, 11) is -4.29. The van der Waals surface area contributed by atoms with Gasteiger partial charge in [-0.1, -0.05) is 47.5 Å². The van der Waals surface area contributed by atoms with Gasteiger partial charge in [0.1, 0.15) is 17.9 Å². The van der Waals surface area contributed by atoms with Crippen LogP contribution in [0.4, 0.5) is 11.6 Å². The third kappa shape index (κ3) is 5.14. The van der Waals surface area contributed by atoms with Crippen molar-refractivity contribution in [3.05, 3.63) is 83.0 Å². The smallest absolute Gasteiger partial charge is 0.261 e. The summed E-state index contributed by atoms with van der Waals surface area (Å²) in [5.74, 6) is -0.862. The second-order valence-corrected chi connectivity index (χ2v) is 13.4. The highest BCUT2D eigenvalue weighted by molar-refractivity contribution is 7.89. The Labute approximate surface area is 263 Å². The Kier molecular flexibility index (Phi) is 7.92. The van der Waals surface area contributed by atoms with Crippen molar-refractivity contribution in [2.24, 2.45) is 0 Å². The number of benzene rings is 2. The lowest BCUT2D eigenvalue weighted by molar-refractivity contribution is -0.128. The summed E-state index contributed by atoms with van der Waals surface area (Å²) in [6, 6.07) is 11.2. The summed E-state index contributed by atoms with van der Waals surface area (Å²) in [5.41, 5.74) is 1.35. The Morgan fingerprint density at radius 1 is 1.07 bits per heavy atom. The number of nitrogens with zero attached hydrogens (tertiary/aromatic N) is 6. The molecule has 0 aliphatic carbocycles. The number of nitrogens with one attached hydrogen (secondary N) is 1. The molecule has 228 valence electrons. The van der Waals surface area contributed by atoms with Crippen LogP contribution in [0.2, 0.25) is 10.0 Å². The third-order valence-electron chi connectivity index (χ3n) is 7.83. The maximum Gasteiger partial charge on any atom is 0.261 e. The van der Waals surface area contributed by atoms with Crippen molar-refractivity contribution in [2.45, 2.75) is 36.4 Å². The van der Waals surface area contributed by atoms with E-state index in [4.69, 9.17) is 28.3 Å². The quantitative estimate of drug-likeness (QED) is 0.279. The van der Waals surface area contributed by atoms with Crippen molar-refractivity contribution in [1.82, 2.24) is 29.1 Å². The molecule has 44 heavy (non-hydrogen) atoms. The highest BCUT2D eigenvalue weighted by Gasteiger charge is 2.54. The number of carbonyl (C=O) groups excluding carboxylic acids is 2. The number of aliphatic hydroxyl groups excluding tert-OH is 1. The van der Waals surface area contributed by atoms with Crippen LogP contribution in [-0.2, 0) is 31.6 Å². The van der Waals surface area contributed by atoms with Gasteiger partial charge in [-0.15, -0.1) is 0 Å². The van der Waals surface area contributed by atoms with Crippen molar-refractivity contribution in [3.8, 4) is 11.1 Å². The number of anilines is 2. The Morgan fingerprint density at radius 3 is 2.36 bits per heavy atom. The topological polar surface area (TPSA) is 151 Å². The van der Waals surface area contributed by atoms with E-state index < -0.39 is 33.4 Å². The van der Waals surface area contributed by atoms with Gasteiger partial charge in [-0.3, -0.25) is 14.2 Å². The zero-order valence-electron chi connectivity index (χ0n) is 23.4. The first-order valence-corrected chi connectivity index (χ1v) is 15.9. The highest BCUT2D eigenvalue weighted by Crippen LogP contribution is 2.45. The molecule has 2 aromatic heterocycles. The van der Waals surface area contributed by atoms with Gasteiger partial charge < -0.3 is 10.4 Å². The van der Waals surface area contributed by atoms with Crippen LogP contribution in [0.1, 0.15) is 18.9 Å². The van der Waals surface area contributed by atoms with Gasteiger partial charge in [0, 0.05) is 47.5 Å². The Morgan fingerprint density at radius 2 is 1.75 bits per heavy atom. The SMILES string of the molecule is C[C@@]1(Cc2ccc(-c3cncnc3)cc2)C(=O)N(c2cc(Cl)cc(Cl)c2)c2ncc(S(=O)(=O)N3CC[C@@H]3C(=O)NCCO)n21. The standard InChI is InChI=1S/C29H27Cl2N7O5S/c1-29(13-18-2-4-19(5-3-18)20-14-32-17-33-15-20)27(41)37(23-11-21(30)10-22(31)12-23)28-35-16-25(38(28)29)44(42,43)36-8-6-24(36)26(40)34-7-9-39/h2-5,10-12,14-17,24,39H,6-9,13H2,1H3,(H,34,40)/t24-,29-/m1/s1. The fourth-order valence-electron chi connectivity index (χ4n) is 5.60. The van der Waals surface area contributed by atoms with Crippen LogP contribution in [-0.4, -0.2) is 74.9 Å². The molecule has 0 unspecified atom stereocenters. The molecule has 2 aliphatic heterocycles. The predicted molar refractivity (Wildman–Crippen MR) is 163 cm³/mol. The molecular formula is C29H27Cl2N7O5S. The average molecular weight is 657 g/mol. The molecule has 0 bridgehead atoms. The van der Waals surface area contributed by atoms with Gasteiger partial charge >= 0.3 is 0 Å². The first kappa shape index (κ1) is 30.2. The average Bonchev–Trinajstić information content (AvgIpc) is 3.50. The van der Waals surface area contributed by atoms with Crippen molar-refractivity contribution in [3.63, 3.8) is 0 Å². The summed E-state index contributed by atoms with van der Waals surface area (Å²) in [5, 5.41) is 12.0. The van der Waals surface area contributed by atoms with Crippen molar-refractivity contribution < 1.29 is 23.1 Å². The zero-order chi connectivity index (χ0) is 31.2. The highest BCUT2D eigenvalue weighted by atomic mass is 35.5. The van der Waals surface area contributed by atoms with E-state index in [0.29, 0.717) is 12.1 Å². The van der Waals surface area contributed by atoms with E-state index in [1.807, 2.05) is 24.3 Å². The number of carbonyl (C=O) groups is 2. The Bertz CT molecular complexity index is 1830. The van der Waals surface area contributed by atoms with E-state index in [-0.39, 0.29) is 47.1 Å². The Hall–Kier alpha value is -3.88. The van der Waals surface area contributed by atoms with Crippen LogP contribution in [0.3, 0.4) is 0 Å². The lowest BCUT2D eigenvalue weighted by Gasteiger charge is -2.38. The van der Waals surface area contributed by atoms with E-state index in [9.17, 15) is 18.0 Å². The van der Waals surface area contributed by atoms with Crippen LogP contribution < -0.4 is 10.2 Å².